The second kappa shape index (κ2) is 6.79. The van der Waals surface area contributed by atoms with Crippen LogP contribution in [0.3, 0.4) is 0 Å². The third-order valence-electron chi connectivity index (χ3n) is 3.25. The van der Waals surface area contributed by atoms with Crippen LogP contribution in [0.15, 0.2) is 60.7 Å². The lowest BCUT2D eigenvalue weighted by Gasteiger charge is -2.12. The van der Waals surface area contributed by atoms with E-state index < -0.39 is 0 Å². The highest BCUT2D eigenvalue weighted by Crippen LogP contribution is 2.26. The highest BCUT2D eigenvalue weighted by atomic mass is 16.5. The van der Waals surface area contributed by atoms with Gasteiger partial charge in [-0.1, -0.05) is 30.3 Å². The van der Waals surface area contributed by atoms with Gasteiger partial charge in [0.2, 0.25) is 5.95 Å². The van der Waals surface area contributed by atoms with E-state index in [1.165, 1.54) is 0 Å². The Morgan fingerprint density at radius 1 is 0.870 bits per heavy atom. The van der Waals surface area contributed by atoms with E-state index in [2.05, 4.69) is 20.6 Å². The average Bonchev–Trinajstić information content (AvgIpc) is 2.56. The molecule has 0 aliphatic heterocycles. The van der Waals surface area contributed by atoms with Crippen molar-refractivity contribution in [1.82, 2.24) is 9.97 Å². The van der Waals surface area contributed by atoms with E-state index in [0.717, 1.165) is 28.6 Å². The van der Waals surface area contributed by atoms with Crippen LogP contribution < -0.4 is 15.4 Å². The zero-order chi connectivity index (χ0) is 16.1. The number of aryl methyl sites for hydroxylation is 1. The van der Waals surface area contributed by atoms with Crippen molar-refractivity contribution in [3.8, 4) is 5.75 Å². The summed E-state index contributed by atoms with van der Waals surface area (Å²) in [5.41, 5.74) is 2.68. The van der Waals surface area contributed by atoms with Crippen molar-refractivity contribution >= 4 is 23.1 Å². The summed E-state index contributed by atoms with van der Waals surface area (Å²) in [6, 6.07) is 19.5. The number of hydrogen-bond acceptors (Lipinski definition) is 5. The van der Waals surface area contributed by atoms with Gasteiger partial charge in [0.05, 0.1) is 12.8 Å². The first-order chi connectivity index (χ1) is 11.2. The molecule has 2 aromatic carbocycles. The number of anilines is 4. The minimum Gasteiger partial charge on any atom is -0.495 e. The summed E-state index contributed by atoms with van der Waals surface area (Å²) in [5, 5.41) is 6.48. The van der Waals surface area contributed by atoms with Gasteiger partial charge < -0.3 is 15.4 Å². The summed E-state index contributed by atoms with van der Waals surface area (Å²) in [5.74, 6) is 2.00. The maximum Gasteiger partial charge on any atom is 0.229 e. The lowest BCUT2D eigenvalue weighted by Crippen LogP contribution is -2.03. The number of rotatable bonds is 5. The van der Waals surface area contributed by atoms with Gasteiger partial charge in [0.1, 0.15) is 11.6 Å². The fourth-order valence-corrected chi connectivity index (χ4v) is 2.23. The van der Waals surface area contributed by atoms with E-state index in [4.69, 9.17) is 4.74 Å². The van der Waals surface area contributed by atoms with Crippen molar-refractivity contribution in [2.45, 2.75) is 6.92 Å². The fraction of sp³-hybridized carbons (Fsp3) is 0.111. The summed E-state index contributed by atoms with van der Waals surface area (Å²) in [7, 11) is 1.64. The third kappa shape index (κ3) is 3.77. The molecule has 23 heavy (non-hydrogen) atoms. The molecule has 1 aromatic heterocycles. The highest BCUT2D eigenvalue weighted by molar-refractivity contribution is 5.64. The molecule has 3 rings (SSSR count). The third-order valence-corrected chi connectivity index (χ3v) is 3.25. The van der Waals surface area contributed by atoms with E-state index in [1.807, 2.05) is 67.6 Å². The molecule has 5 heteroatoms. The largest absolute Gasteiger partial charge is 0.495 e. The Balaban J connectivity index is 1.86. The first-order valence-electron chi connectivity index (χ1n) is 7.32. The number of methoxy groups -OCH3 is 1. The van der Waals surface area contributed by atoms with Crippen LogP contribution in [0.5, 0.6) is 5.75 Å². The second-order valence-electron chi connectivity index (χ2n) is 5.03. The number of aromatic nitrogens is 2. The molecule has 0 atom stereocenters. The van der Waals surface area contributed by atoms with Crippen molar-refractivity contribution in [2.24, 2.45) is 0 Å². The van der Waals surface area contributed by atoms with Gasteiger partial charge in [-0.25, -0.2) is 4.98 Å². The monoisotopic (exact) mass is 306 g/mol. The second-order valence-corrected chi connectivity index (χ2v) is 5.03. The SMILES string of the molecule is COc1ccccc1Nc1nc(C)cc(Nc2ccccc2)n1. The number of nitrogens with zero attached hydrogens (tertiary/aromatic N) is 2. The van der Waals surface area contributed by atoms with Crippen molar-refractivity contribution in [2.75, 3.05) is 17.7 Å². The molecule has 0 spiro atoms. The highest BCUT2D eigenvalue weighted by Gasteiger charge is 2.06. The molecule has 0 amide bonds. The molecule has 0 aliphatic rings. The Kier molecular flexibility index (Phi) is 4.38. The molecule has 0 bridgehead atoms. The topological polar surface area (TPSA) is 59.1 Å². The minimum absolute atomic E-state index is 0.521. The van der Waals surface area contributed by atoms with Gasteiger partial charge in [0.25, 0.3) is 0 Å². The molecule has 2 N–H and O–H groups in total. The summed E-state index contributed by atoms with van der Waals surface area (Å²) in [6.45, 7) is 1.94. The van der Waals surface area contributed by atoms with Crippen LogP contribution in [0.4, 0.5) is 23.1 Å². The number of benzene rings is 2. The quantitative estimate of drug-likeness (QED) is 0.736. The maximum atomic E-state index is 5.34. The average molecular weight is 306 g/mol. The standard InChI is InChI=1S/C18H18N4O/c1-13-12-17(20-14-8-4-3-5-9-14)22-18(19-13)21-15-10-6-7-11-16(15)23-2/h3-12H,1-2H3,(H2,19,20,21,22). The maximum absolute atomic E-state index is 5.34. The van der Waals surface area contributed by atoms with Crippen molar-refractivity contribution in [3.05, 3.63) is 66.4 Å². The normalized spacial score (nSPS) is 10.2. The molecule has 116 valence electrons. The molecule has 0 radical (unpaired) electrons. The predicted octanol–water partition coefficient (Wildman–Crippen LogP) is 4.28. The van der Waals surface area contributed by atoms with Crippen LogP contribution >= 0.6 is 0 Å². The van der Waals surface area contributed by atoms with E-state index in [0.29, 0.717) is 5.95 Å². The fourth-order valence-electron chi connectivity index (χ4n) is 2.23. The molecule has 0 saturated carbocycles. The lowest BCUT2D eigenvalue weighted by molar-refractivity contribution is 0.417. The van der Waals surface area contributed by atoms with Crippen molar-refractivity contribution < 1.29 is 4.74 Å². The zero-order valence-corrected chi connectivity index (χ0v) is 13.1. The molecule has 0 aliphatic carbocycles. The first kappa shape index (κ1) is 14.8. The van der Waals surface area contributed by atoms with Crippen molar-refractivity contribution in [3.63, 3.8) is 0 Å². The molecule has 1 heterocycles. The first-order valence-corrected chi connectivity index (χ1v) is 7.32. The van der Waals surface area contributed by atoms with Gasteiger partial charge in [-0.05, 0) is 31.2 Å². The Morgan fingerprint density at radius 3 is 2.39 bits per heavy atom. The molecule has 5 nitrogen and oxygen atoms in total. The summed E-state index contributed by atoms with van der Waals surface area (Å²) in [4.78, 5) is 8.94. The van der Waals surface area contributed by atoms with E-state index in [-0.39, 0.29) is 0 Å². The van der Waals surface area contributed by atoms with Gasteiger partial charge in [-0.3, -0.25) is 0 Å². The van der Waals surface area contributed by atoms with Gasteiger partial charge in [-0.15, -0.1) is 0 Å². The minimum atomic E-state index is 0.521. The number of hydrogen-bond donors (Lipinski definition) is 2. The van der Waals surface area contributed by atoms with Gasteiger partial charge in [-0.2, -0.15) is 4.98 Å². The predicted molar refractivity (Wildman–Crippen MR) is 92.8 cm³/mol. The van der Waals surface area contributed by atoms with Gasteiger partial charge in [0, 0.05) is 17.4 Å². The lowest BCUT2D eigenvalue weighted by atomic mass is 10.3. The summed E-state index contributed by atoms with van der Waals surface area (Å²) < 4.78 is 5.34. The van der Waals surface area contributed by atoms with Crippen LogP contribution in [-0.4, -0.2) is 17.1 Å². The molecule has 0 unspecified atom stereocenters. The van der Waals surface area contributed by atoms with Gasteiger partial charge >= 0.3 is 0 Å². The van der Waals surface area contributed by atoms with E-state index >= 15 is 0 Å². The Bertz CT molecular complexity index is 790. The number of nitrogens with one attached hydrogen (secondary N) is 2. The Hall–Kier alpha value is -3.08. The van der Waals surface area contributed by atoms with Crippen LogP contribution in [0.1, 0.15) is 5.69 Å². The Labute approximate surface area is 135 Å². The molecule has 0 fully saturated rings. The van der Waals surface area contributed by atoms with E-state index in [9.17, 15) is 0 Å². The van der Waals surface area contributed by atoms with Crippen LogP contribution in [0.25, 0.3) is 0 Å². The molecule has 0 saturated heterocycles. The van der Waals surface area contributed by atoms with E-state index in [1.54, 1.807) is 7.11 Å². The van der Waals surface area contributed by atoms with Crippen LogP contribution in [-0.2, 0) is 0 Å². The summed E-state index contributed by atoms with van der Waals surface area (Å²) >= 11 is 0. The molecular formula is C18H18N4O. The Morgan fingerprint density at radius 2 is 1.61 bits per heavy atom. The van der Waals surface area contributed by atoms with Crippen molar-refractivity contribution in [1.29, 1.82) is 0 Å². The van der Waals surface area contributed by atoms with Gasteiger partial charge in [0.15, 0.2) is 0 Å². The summed E-state index contributed by atoms with van der Waals surface area (Å²) in [6.07, 6.45) is 0. The molecular weight excluding hydrogens is 288 g/mol. The molecule has 3 aromatic rings. The number of ether oxygens (including phenoxy) is 1. The number of para-hydroxylation sites is 3. The zero-order valence-electron chi connectivity index (χ0n) is 13.1. The van der Waals surface area contributed by atoms with Crippen LogP contribution in [0, 0.1) is 6.92 Å². The van der Waals surface area contributed by atoms with Crippen LogP contribution in [0.2, 0.25) is 0 Å². The smallest absolute Gasteiger partial charge is 0.229 e.